The Bertz CT molecular complexity index is 1190. The van der Waals surface area contributed by atoms with E-state index in [1.165, 1.54) is 56.9 Å². The van der Waals surface area contributed by atoms with Crippen LogP contribution in [-0.2, 0) is 10.0 Å². The van der Waals surface area contributed by atoms with Crippen molar-refractivity contribution in [3.63, 3.8) is 0 Å². The summed E-state index contributed by atoms with van der Waals surface area (Å²) >= 11 is 0. The van der Waals surface area contributed by atoms with Crippen molar-refractivity contribution in [2.24, 2.45) is 0 Å². The smallest absolute Gasteiger partial charge is 0.264 e. The van der Waals surface area contributed by atoms with Gasteiger partial charge in [0.1, 0.15) is 0 Å². The largest absolute Gasteiger partial charge is 0.493 e. The highest BCUT2D eigenvalue weighted by atomic mass is 32.2. The van der Waals surface area contributed by atoms with Crippen LogP contribution >= 0.6 is 0 Å². The van der Waals surface area contributed by atoms with Crippen molar-refractivity contribution in [1.29, 1.82) is 0 Å². The van der Waals surface area contributed by atoms with Gasteiger partial charge in [-0.3, -0.25) is 9.10 Å². The Labute approximate surface area is 187 Å². The maximum atomic E-state index is 13.0. The van der Waals surface area contributed by atoms with E-state index in [0.717, 1.165) is 0 Å². The van der Waals surface area contributed by atoms with Gasteiger partial charge in [-0.15, -0.1) is 0 Å². The first kappa shape index (κ1) is 23.0. The van der Waals surface area contributed by atoms with Crippen molar-refractivity contribution in [2.75, 3.05) is 38.0 Å². The topological polar surface area (TPSA) is 94.2 Å². The molecular weight excluding hydrogens is 432 g/mol. The number of nitrogens with one attached hydrogen (secondary N) is 1. The summed E-state index contributed by atoms with van der Waals surface area (Å²) in [6, 6.07) is 17.8. The van der Waals surface area contributed by atoms with Crippen molar-refractivity contribution < 1.29 is 27.4 Å². The molecule has 0 aliphatic rings. The summed E-state index contributed by atoms with van der Waals surface area (Å²) in [5, 5.41) is 2.72. The van der Waals surface area contributed by atoms with Crippen LogP contribution in [0, 0.1) is 0 Å². The van der Waals surface area contributed by atoms with Gasteiger partial charge >= 0.3 is 0 Å². The van der Waals surface area contributed by atoms with Gasteiger partial charge in [-0.1, -0.05) is 24.3 Å². The molecule has 0 aliphatic carbocycles. The minimum atomic E-state index is -3.82. The van der Waals surface area contributed by atoms with Gasteiger partial charge in [0.05, 0.1) is 31.9 Å². The molecule has 32 heavy (non-hydrogen) atoms. The van der Waals surface area contributed by atoms with Crippen LogP contribution < -0.4 is 23.8 Å². The van der Waals surface area contributed by atoms with Crippen molar-refractivity contribution in [3.05, 3.63) is 72.3 Å². The molecule has 0 aliphatic heterocycles. The number of ether oxygens (including phenoxy) is 3. The van der Waals surface area contributed by atoms with E-state index in [-0.39, 0.29) is 10.5 Å². The predicted octanol–water partition coefficient (Wildman–Crippen LogP) is 3.79. The molecule has 0 heterocycles. The lowest BCUT2D eigenvalue weighted by atomic mass is 10.1. The molecule has 0 fully saturated rings. The molecule has 0 saturated heterocycles. The van der Waals surface area contributed by atoms with Crippen LogP contribution in [0.3, 0.4) is 0 Å². The molecule has 3 rings (SSSR count). The summed E-state index contributed by atoms with van der Waals surface area (Å²) in [5.41, 5.74) is 1.11. The van der Waals surface area contributed by atoms with Crippen LogP contribution in [0.5, 0.6) is 17.2 Å². The summed E-state index contributed by atoms with van der Waals surface area (Å²) < 4.78 is 43.1. The summed E-state index contributed by atoms with van der Waals surface area (Å²) in [4.78, 5) is 12.9. The van der Waals surface area contributed by atoms with E-state index in [1.807, 2.05) is 6.07 Å². The fourth-order valence-corrected chi connectivity index (χ4v) is 4.33. The first-order chi connectivity index (χ1) is 15.3. The van der Waals surface area contributed by atoms with Crippen molar-refractivity contribution in [1.82, 2.24) is 0 Å². The van der Waals surface area contributed by atoms with Gasteiger partial charge in [-0.05, 0) is 42.5 Å². The molecule has 0 saturated carbocycles. The number of hydrogen-bond acceptors (Lipinski definition) is 6. The lowest BCUT2D eigenvalue weighted by Crippen LogP contribution is -2.26. The molecule has 0 atom stereocenters. The lowest BCUT2D eigenvalue weighted by molar-refractivity contribution is 0.102. The molecule has 168 valence electrons. The second-order valence-electron chi connectivity index (χ2n) is 6.70. The Morgan fingerprint density at radius 2 is 1.47 bits per heavy atom. The lowest BCUT2D eigenvalue weighted by Gasteiger charge is -2.20. The van der Waals surface area contributed by atoms with Crippen molar-refractivity contribution in [2.45, 2.75) is 4.90 Å². The maximum Gasteiger partial charge on any atom is 0.264 e. The molecule has 0 bridgehead atoms. The molecule has 1 N–H and O–H groups in total. The molecule has 1 amide bonds. The number of para-hydroxylation sites is 1. The monoisotopic (exact) mass is 456 g/mol. The van der Waals surface area contributed by atoms with Crippen LogP contribution in [-0.4, -0.2) is 42.7 Å². The Balaban J connectivity index is 1.89. The normalized spacial score (nSPS) is 10.9. The standard InChI is InChI=1S/C23H24N2O6S/c1-25(18-10-6-5-7-11-18)32(27,28)19-12-8-9-17(15-19)24-23(26)16-13-20(29-2)22(31-4)21(14-16)30-3/h5-15H,1-4H3,(H,24,26). The van der Waals surface area contributed by atoms with Gasteiger partial charge < -0.3 is 19.5 Å². The van der Waals surface area contributed by atoms with Gasteiger partial charge in [-0.25, -0.2) is 8.42 Å². The number of nitrogens with zero attached hydrogens (tertiary/aromatic N) is 1. The van der Waals surface area contributed by atoms with Crippen LogP contribution in [0.15, 0.2) is 71.6 Å². The minimum Gasteiger partial charge on any atom is -0.493 e. The van der Waals surface area contributed by atoms with Crippen LogP contribution in [0.1, 0.15) is 10.4 Å². The second kappa shape index (κ2) is 9.61. The highest BCUT2D eigenvalue weighted by molar-refractivity contribution is 7.92. The zero-order valence-corrected chi connectivity index (χ0v) is 19.0. The average molecular weight is 457 g/mol. The third-order valence-electron chi connectivity index (χ3n) is 4.80. The second-order valence-corrected chi connectivity index (χ2v) is 8.67. The molecule has 9 heteroatoms. The zero-order chi connectivity index (χ0) is 23.3. The number of hydrogen-bond donors (Lipinski definition) is 1. The van der Waals surface area contributed by atoms with E-state index in [0.29, 0.717) is 28.6 Å². The number of sulfonamides is 1. The fourth-order valence-electron chi connectivity index (χ4n) is 3.08. The third-order valence-corrected chi connectivity index (χ3v) is 6.58. The molecule has 0 unspecified atom stereocenters. The average Bonchev–Trinajstić information content (AvgIpc) is 2.83. The number of rotatable bonds is 8. The number of carbonyl (C=O) groups is 1. The van der Waals surface area contributed by atoms with Gasteiger partial charge in [0.2, 0.25) is 5.75 Å². The molecule has 0 spiro atoms. The quantitative estimate of drug-likeness (QED) is 0.554. The molecule has 3 aromatic rings. The van der Waals surface area contributed by atoms with Crippen molar-refractivity contribution in [3.8, 4) is 17.2 Å². The SMILES string of the molecule is COc1cc(C(=O)Nc2cccc(S(=O)(=O)N(C)c3ccccc3)c2)cc(OC)c1OC. The zero-order valence-electron chi connectivity index (χ0n) is 18.2. The highest BCUT2D eigenvalue weighted by Gasteiger charge is 2.22. The highest BCUT2D eigenvalue weighted by Crippen LogP contribution is 2.38. The Hall–Kier alpha value is -3.72. The Morgan fingerprint density at radius 1 is 0.844 bits per heavy atom. The first-order valence-electron chi connectivity index (χ1n) is 9.57. The summed E-state index contributed by atoms with van der Waals surface area (Å²) in [7, 11) is 2.04. The molecule has 3 aromatic carbocycles. The van der Waals surface area contributed by atoms with Gasteiger partial charge in [-0.2, -0.15) is 0 Å². The van der Waals surface area contributed by atoms with E-state index in [4.69, 9.17) is 14.2 Å². The third kappa shape index (κ3) is 4.62. The summed E-state index contributed by atoms with van der Waals surface area (Å²) in [5.74, 6) is 0.564. The summed E-state index contributed by atoms with van der Waals surface area (Å²) in [6.45, 7) is 0. The molecule has 8 nitrogen and oxygen atoms in total. The Morgan fingerprint density at radius 3 is 2.03 bits per heavy atom. The maximum absolute atomic E-state index is 13.0. The van der Waals surface area contributed by atoms with Crippen molar-refractivity contribution >= 4 is 27.3 Å². The van der Waals surface area contributed by atoms with E-state index in [9.17, 15) is 13.2 Å². The van der Waals surface area contributed by atoms with E-state index in [1.54, 1.807) is 36.4 Å². The number of benzene rings is 3. The molecular formula is C23H24N2O6S. The summed E-state index contributed by atoms with van der Waals surface area (Å²) in [6.07, 6.45) is 0. The van der Waals surface area contributed by atoms with E-state index in [2.05, 4.69) is 5.32 Å². The van der Waals surface area contributed by atoms with Gasteiger partial charge in [0.15, 0.2) is 11.5 Å². The number of amides is 1. The number of methoxy groups -OCH3 is 3. The molecule has 0 radical (unpaired) electrons. The van der Waals surface area contributed by atoms with Crippen LogP contribution in [0.4, 0.5) is 11.4 Å². The molecule has 0 aromatic heterocycles. The first-order valence-corrected chi connectivity index (χ1v) is 11.0. The van der Waals surface area contributed by atoms with Crippen LogP contribution in [0.2, 0.25) is 0 Å². The predicted molar refractivity (Wildman–Crippen MR) is 123 cm³/mol. The fraction of sp³-hybridized carbons (Fsp3) is 0.174. The van der Waals surface area contributed by atoms with E-state index < -0.39 is 15.9 Å². The van der Waals surface area contributed by atoms with Gasteiger partial charge in [0, 0.05) is 18.3 Å². The number of anilines is 2. The van der Waals surface area contributed by atoms with Gasteiger partial charge in [0.25, 0.3) is 15.9 Å². The minimum absolute atomic E-state index is 0.0477. The van der Waals surface area contributed by atoms with E-state index >= 15 is 0 Å². The Kier molecular flexibility index (Phi) is 6.89. The van der Waals surface area contributed by atoms with Crippen LogP contribution in [0.25, 0.3) is 0 Å². The number of carbonyl (C=O) groups excluding carboxylic acids is 1.